The van der Waals surface area contributed by atoms with Crippen LogP contribution in [0.1, 0.15) is 11.3 Å². The molecule has 168 valence electrons. The second-order valence-corrected chi connectivity index (χ2v) is 7.03. The number of aromatic nitrogens is 1. The van der Waals surface area contributed by atoms with Gasteiger partial charge in [-0.1, -0.05) is 11.2 Å². The van der Waals surface area contributed by atoms with E-state index in [1.807, 2.05) is 36.4 Å². The zero-order chi connectivity index (χ0) is 22.3. The van der Waals surface area contributed by atoms with Crippen molar-refractivity contribution < 1.29 is 33.0 Å². The Hall–Kier alpha value is -3.72. The van der Waals surface area contributed by atoms with Gasteiger partial charge in [-0.2, -0.15) is 0 Å². The lowest BCUT2D eigenvalue weighted by molar-refractivity contribution is -0.126. The Bertz CT molecular complexity index is 1080. The Morgan fingerprint density at radius 2 is 1.88 bits per heavy atom. The topological polar surface area (TPSA) is 101 Å². The highest BCUT2D eigenvalue weighted by molar-refractivity contribution is 5.77. The monoisotopic (exact) mass is 440 g/mol. The third-order valence-corrected chi connectivity index (χ3v) is 4.88. The van der Waals surface area contributed by atoms with Gasteiger partial charge in [-0.25, -0.2) is 0 Å². The van der Waals surface area contributed by atoms with Gasteiger partial charge in [0.1, 0.15) is 12.3 Å². The number of benzene rings is 2. The van der Waals surface area contributed by atoms with Gasteiger partial charge in [-0.3, -0.25) is 4.79 Å². The Morgan fingerprint density at radius 3 is 2.72 bits per heavy atom. The van der Waals surface area contributed by atoms with Crippen molar-refractivity contribution in [3.05, 3.63) is 53.7 Å². The van der Waals surface area contributed by atoms with Gasteiger partial charge in [0.05, 0.1) is 20.8 Å². The molecule has 0 spiro atoms. The number of amides is 1. The highest BCUT2D eigenvalue weighted by Crippen LogP contribution is 2.36. The van der Waals surface area contributed by atoms with E-state index in [9.17, 15) is 4.79 Å². The molecule has 0 aliphatic carbocycles. The number of carbonyl (C=O) groups is 1. The molecule has 2 heterocycles. The van der Waals surface area contributed by atoms with Crippen LogP contribution in [0, 0.1) is 0 Å². The van der Waals surface area contributed by atoms with Crippen molar-refractivity contribution in [3.8, 4) is 34.3 Å². The average molecular weight is 440 g/mol. The minimum absolute atomic E-state index is 0.0713. The predicted molar refractivity (Wildman–Crippen MR) is 114 cm³/mol. The number of fused-ring (bicyclic) bond motifs is 1. The number of nitrogens with zero attached hydrogens (tertiary/aromatic N) is 1. The second kappa shape index (κ2) is 10.1. The third kappa shape index (κ3) is 5.12. The van der Waals surface area contributed by atoms with Crippen LogP contribution in [0.4, 0.5) is 0 Å². The number of nitrogens with one attached hydrogen (secondary N) is 1. The highest BCUT2D eigenvalue weighted by Gasteiger charge is 2.16. The van der Waals surface area contributed by atoms with Crippen molar-refractivity contribution in [2.45, 2.75) is 13.0 Å². The molecule has 1 amide bonds. The molecule has 4 rings (SSSR count). The van der Waals surface area contributed by atoms with Crippen molar-refractivity contribution in [3.63, 3.8) is 0 Å². The zero-order valence-corrected chi connectivity index (χ0v) is 17.9. The zero-order valence-electron chi connectivity index (χ0n) is 17.9. The summed E-state index contributed by atoms with van der Waals surface area (Å²) in [7, 11) is 3.18. The number of hydrogen-bond donors (Lipinski definition) is 1. The minimum Gasteiger partial charge on any atom is -0.493 e. The van der Waals surface area contributed by atoms with Crippen LogP contribution in [0.15, 0.2) is 47.0 Å². The number of rotatable bonds is 10. The van der Waals surface area contributed by atoms with E-state index in [-0.39, 0.29) is 25.9 Å². The second-order valence-electron chi connectivity index (χ2n) is 7.03. The third-order valence-electron chi connectivity index (χ3n) is 4.88. The standard InChI is InChI=1S/C23H24N2O7/c1-27-18-5-3-15(9-21(18)28-2)7-8-24-23(26)13-29-12-17-11-20(32-25-17)16-4-6-19-22(10-16)31-14-30-19/h3-6,9-11H,7-8,12-14H2,1-2H3,(H,24,26). The van der Waals surface area contributed by atoms with Gasteiger partial charge in [-0.05, 0) is 42.3 Å². The number of hydrogen-bond acceptors (Lipinski definition) is 8. The summed E-state index contributed by atoms with van der Waals surface area (Å²) in [5, 5.41) is 6.82. The van der Waals surface area contributed by atoms with E-state index in [1.54, 1.807) is 20.3 Å². The smallest absolute Gasteiger partial charge is 0.246 e. The lowest BCUT2D eigenvalue weighted by atomic mass is 10.1. The Morgan fingerprint density at radius 1 is 1.03 bits per heavy atom. The highest BCUT2D eigenvalue weighted by atomic mass is 16.7. The van der Waals surface area contributed by atoms with E-state index in [4.69, 9.17) is 28.2 Å². The van der Waals surface area contributed by atoms with Crippen molar-refractivity contribution in [1.82, 2.24) is 10.5 Å². The van der Waals surface area contributed by atoms with E-state index >= 15 is 0 Å². The van der Waals surface area contributed by atoms with Crippen LogP contribution in [0.25, 0.3) is 11.3 Å². The molecule has 0 saturated carbocycles. The first-order valence-corrected chi connectivity index (χ1v) is 10.1. The summed E-state index contributed by atoms with van der Waals surface area (Å²) in [5.74, 6) is 3.08. The van der Waals surface area contributed by atoms with Crippen LogP contribution in [0.3, 0.4) is 0 Å². The van der Waals surface area contributed by atoms with Crippen LogP contribution in [0.2, 0.25) is 0 Å². The summed E-state index contributed by atoms with van der Waals surface area (Å²) in [4.78, 5) is 12.0. The Balaban J connectivity index is 1.19. The fourth-order valence-corrected chi connectivity index (χ4v) is 3.25. The molecule has 0 bridgehead atoms. The molecular weight excluding hydrogens is 416 g/mol. The van der Waals surface area contributed by atoms with Gasteiger partial charge in [0.2, 0.25) is 12.7 Å². The van der Waals surface area contributed by atoms with Crippen molar-refractivity contribution in [2.75, 3.05) is 34.2 Å². The van der Waals surface area contributed by atoms with Crippen molar-refractivity contribution in [1.29, 1.82) is 0 Å². The van der Waals surface area contributed by atoms with Crippen LogP contribution in [-0.4, -0.2) is 45.2 Å². The predicted octanol–water partition coefficient (Wildman–Crippen LogP) is 2.96. The molecule has 1 aromatic heterocycles. The van der Waals surface area contributed by atoms with Gasteiger partial charge >= 0.3 is 0 Å². The van der Waals surface area contributed by atoms with Gasteiger partial charge in [0, 0.05) is 18.2 Å². The van der Waals surface area contributed by atoms with Crippen molar-refractivity contribution in [2.24, 2.45) is 0 Å². The average Bonchev–Trinajstić information content (AvgIpc) is 3.48. The number of carbonyl (C=O) groups excluding carboxylic acids is 1. The van der Waals surface area contributed by atoms with Crippen LogP contribution < -0.4 is 24.3 Å². The van der Waals surface area contributed by atoms with Gasteiger partial charge in [-0.15, -0.1) is 0 Å². The summed E-state index contributed by atoms with van der Waals surface area (Å²) < 4.78 is 32.0. The molecule has 0 atom stereocenters. The molecule has 0 unspecified atom stereocenters. The SMILES string of the molecule is COc1ccc(CCNC(=O)COCc2cc(-c3ccc4c(c3)OCO4)on2)cc1OC. The molecule has 1 aliphatic heterocycles. The summed E-state index contributed by atoms with van der Waals surface area (Å²) in [6, 6.07) is 13.0. The van der Waals surface area contributed by atoms with E-state index < -0.39 is 0 Å². The van der Waals surface area contributed by atoms with Gasteiger partial charge in [0.25, 0.3) is 0 Å². The van der Waals surface area contributed by atoms with E-state index in [0.29, 0.717) is 47.4 Å². The number of ether oxygens (including phenoxy) is 5. The first kappa shape index (κ1) is 21.5. The van der Waals surface area contributed by atoms with Crippen LogP contribution >= 0.6 is 0 Å². The maximum absolute atomic E-state index is 12.0. The maximum atomic E-state index is 12.0. The van der Waals surface area contributed by atoms with Crippen molar-refractivity contribution >= 4 is 5.91 Å². The summed E-state index contributed by atoms with van der Waals surface area (Å²) in [6.07, 6.45) is 0.661. The minimum atomic E-state index is -0.204. The largest absolute Gasteiger partial charge is 0.493 e. The quantitative estimate of drug-likeness (QED) is 0.514. The lowest BCUT2D eigenvalue weighted by Gasteiger charge is -2.10. The Labute approximate surface area is 185 Å². The summed E-state index contributed by atoms with van der Waals surface area (Å²) in [5.41, 5.74) is 2.44. The molecule has 0 radical (unpaired) electrons. The molecule has 0 saturated heterocycles. The molecule has 9 heteroatoms. The van der Waals surface area contributed by atoms with Crippen LogP contribution in [-0.2, 0) is 22.6 Å². The molecule has 32 heavy (non-hydrogen) atoms. The first-order valence-electron chi connectivity index (χ1n) is 10.1. The molecular formula is C23H24N2O7. The van der Waals surface area contributed by atoms with E-state index in [1.165, 1.54) is 0 Å². The normalized spacial score (nSPS) is 11.9. The molecule has 9 nitrogen and oxygen atoms in total. The molecule has 2 aromatic carbocycles. The fourth-order valence-electron chi connectivity index (χ4n) is 3.25. The molecule has 0 fully saturated rings. The molecule has 1 N–H and O–H groups in total. The Kier molecular flexibility index (Phi) is 6.76. The fraction of sp³-hybridized carbons (Fsp3) is 0.304. The maximum Gasteiger partial charge on any atom is 0.246 e. The molecule has 1 aliphatic rings. The van der Waals surface area contributed by atoms with Crippen LogP contribution in [0.5, 0.6) is 23.0 Å². The van der Waals surface area contributed by atoms with E-state index in [2.05, 4.69) is 10.5 Å². The summed E-state index contributed by atoms with van der Waals surface area (Å²) in [6.45, 7) is 0.788. The first-order chi connectivity index (χ1) is 15.7. The van der Waals surface area contributed by atoms with E-state index in [0.717, 1.165) is 11.1 Å². The van der Waals surface area contributed by atoms with Gasteiger partial charge < -0.3 is 33.5 Å². The molecule has 3 aromatic rings. The lowest BCUT2D eigenvalue weighted by Crippen LogP contribution is -2.29. The number of methoxy groups -OCH3 is 2. The summed E-state index contributed by atoms with van der Waals surface area (Å²) >= 11 is 0. The van der Waals surface area contributed by atoms with Gasteiger partial charge in [0.15, 0.2) is 28.8 Å².